The van der Waals surface area contributed by atoms with Crippen LogP contribution in [0.3, 0.4) is 0 Å². The molecule has 7 heteroatoms. The van der Waals surface area contributed by atoms with E-state index in [0.717, 1.165) is 12.1 Å². The molecule has 3 aromatic rings. The van der Waals surface area contributed by atoms with Crippen molar-refractivity contribution in [1.29, 1.82) is 0 Å². The molecule has 1 N–H and O–H groups in total. The zero-order chi connectivity index (χ0) is 15.0. The lowest BCUT2D eigenvalue weighted by Gasteiger charge is -2.07. The average Bonchev–Trinajstić information content (AvgIpc) is 3.11. The van der Waals surface area contributed by atoms with Crippen LogP contribution in [0.25, 0.3) is 4.96 Å². The standard InChI is InChI=1S/C14H13N3O2S2/c1-3-9-7-21-14-15-8(2)11(13(19)17(9)14)16-12(18)10-5-4-6-20-10/h4-7H,3H2,1-2H3,(H,16,18). The van der Waals surface area contributed by atoms with Crippen LogP contribution in [0.15, 0.2) is 27.7 Å². The summed E-state index contributed by atoms with van der Waals surface area (Å²) in [4.78, 5) is 30.4. The number of aryl methyl sites for hydroxylation is 2. The van der Waals surface area contributed by atoms with Crippen molar-refractivity contribution in [1.82, 2.24) is 9.38 Å². The molecule has 3 rings (SSSR count). The summed E-state index contributed by atoms with van der Waals surface area (Å²) in [6, 6.07) is 3.52. The van der Waals surface area contributed by atoms with Gasteiger partial charge in [-0.15, -0.1) is 22.7 Å². The van der Waals surface area contributed by atoms with Gasteiger partial charge < -0.3 is 5.32 Å². The van der Waals surface area contributed by atoms with Crippen molar-refractivity contribution >= 4 is 39.2 Å². The zero-order valence-electron chi connectivity index (χ0n) is 11.5. The summed E-state index contributed by atoms with van der Waals surface area (Å²) in [7, 11) is 0. The van der Waals surface area contributed by atoms with Gasteiger partial charge in [-0.05, 0) is 24.8 Å². The molecule has 3 heterocycles. The highest BCUT2D eigenvalue weighted by molar-refractivity contribution is 7.15. The number of anilines is 1. The SMILES string of the molecule is CCc1csc2nc(C)c(NC(=O)c3cccs3)c(=O)n12. The predicted octanol–water partition coefficient (Wildman–Crippen LogP) is 2.94. The van der Waals surface area contributed by atoms with Gasteiger partial charge in [0.25, 0.3) is 11.5 Å². The minimum atomic E-state index is -0.278. The van der Waals surface area contributed by atoms with Gasteiger partial charge in [-0.1, -0.05) is 13.0 Å². The highest BCUT2D eigenvalue weighted by Crippen LogP contribution is 2.18. The third kappa shape index (κ3) is 2.38. The van der Waals surface area contributed by atoms with Gasteiger partial charge in [0.15, 0.2) is 4.96 Å². The van der Waals surface area contributed by atoms with Crippen molar-refractivity contribution in [3.8, 4) is 0 Å². The maximum absolute atomic E-state index is 12.6. The van der Waals surface area contributed by atoms with E-state index in [4.69, 9.17) is 0 Å². The van der Waals surface area contributed by atoms with Crippen molar-refractivity contribution in [3.63, 3.8) is 0 Å². The summed E-state index contributed by atoms with van der Waals surface area (Å²) >= 11 is 2.77. The molecular weight excluding hydrogens is 306 g/mol. The van der Waals surface area contributed by atoms with Gasteiger partial charge in [0.2, 0.25) is 0 Å². The molecule has 0 fully saturated rings. The molecule has 0 aliphatic carbocycles. The molecule has 0 saturated carbocycles. The van der Waals surface area contributed by atoms with Crippen LogP contribution in [-0.2, 0) is 6.42 Å². The molecule has 0 bridgehead atoms. The number of hydrogen-bond donors (Lipinski definition) is 1. The first-order valence-corrected chi connectivity index (χ1v) is 8.22. The van der Waals surface area contributed by atoms with E-state index in [1.54, 1.807) is 23.5 Å². The van der Waals surface area contributed by atoms with Crippen LogP contribution in [0.5, 0.6) is 0 Å². The Morgan fingerprint density at radius 3 is 2.90 bits per heavy atom. The van der Waals surface area contributed by atoms with Gasteiger partial charge in [0, 0.05) is 11.1 Å². The van der Waals surface area contributed by atoms with Crippen molar-refractivity contribution in [2.24, 2.45) is 0 Å². The van der Waals surface area contributed by atoms with Gasteiger partial charge in [-0.3, -0.25) is 14.0 Å². The summed E-state index contributed by atoms with van der Waals surface area (Å²) in [5.41, 5.74) is 1.47. The first-order valence-electron chi connectivity index (χ1n) is 6.46. The molecule has 0 radical (unpaired) electrons. The normalized spacial score (nSPS) is 11.0. The topological polar surface area (TPSA) is 63.5 Å². The molecule has 3 aromatic heterocycles. The molecule has 0 aliphatic heterocycles. The molecule has 1 amide bonds. The fraction of sp³-hybridized carbons (Fsp3) is 0.214. The van der Waals surface area contributed by atoms with E-state index in [2.05, 4.69) is 10.3 Å². The number of amides is 1. The Kier molecular flexibility index (Phi) is 3.60. The molecular formula is C14H13N3O2S2. The minimum absolute atomic E-state index is 0.222. The lowest BCUT2D eigenvalue weighted by Crippen LogP contribution is -2.25. The second-order valence-electron chi connectivity index (χ2n) is 4.51. The molecule has 5 nitrogen and oxygen atoms in total. The summed E-state index contributed by atoms with van der Waals surface area (Å²) in [5.74, 6) is -0.278. The fourth-order valence-corrected chi connectivity index (χ4v) is 3.70. The lowest BCUT2D eigenvalue weighted by atomic mass is 10.3. The van der Waals surface area contributed by atoms with E-state index >= 15 is 0 Å². The van der Waals surface area contributed by atoms with Crippen LogP contribution in [-0.4, -0.2) is 15.3 Å². The number of thiazole rings is 1. The van der Waals surface area contributed by atoms with Gasteiger partial charge in [0.05, 0.1) is 10.6 Å². The van der Waals surface area contributed by atoms with Gasteiger partial charge in [-0.2, -0.15) is 0 Å². The molecule has 0 aliphatic rings. The van der Waals surface area contributed by atoms with Crippen molar-refractivity contribution in [2.75, 3.05) is 5.32 Å². The van der Waals surface area contributed by atoms with Crippen LogP contribution in [0.4, 0.5) is 5.69 Å². The van der Waals surface area contributed by atoms with E-state index in [-0.39, 0.29) is 17.2 Å². The molecule has 0 saturated heterocycles. The molecule has 0 aromatic carbocycles. The van der Waals surface area contributed by atoms with Crippen molar-refractivity contribution in [3.05, 3.63) is 49.5 Å². The monoisotopic (exact) mass is 319 g/mol. The van der Waals surface area contributed by atoms with E-state index in [9.17, 15) is 9.59 Å². The quantitative estimate of drug-likeness (QED) is 0.807. The van der Waals surface area contributed by atoms with Crippen LogP contribution in [0, 0.1) is 6.92 Å². The Hall–Kier alpha value is -1.99. The zero-order valence-corrected chi connectivity index (χ0v) is 13.2. The number of hydrogen-bond acceptors (Lipinski definition) is 5. The fourth-order valence-electron chi connectivity index (χ4n) is 2.08. The number of carbonyl (C=O) groups is 1. The first-order chi connectivity index (χ1) is 10.1. The number of nitrogens with one attached hydrogen (secondary N) is 1. The van der Waals surface area contributed by atoms with Gasteiger partial charge in [0.1, 0.15) is 5.69 Å². The highest BCUT2D eigenvalue weighted by atomic mass is 32.1. The first kappa shape index (κ1) is 14.0. The van der Waals surface area contributed by atoms with Crippen molar-refractivity contribution in [2.45, 2.75) is 20.3 Å². The Morgan fingerprint density at radius 2 is 2.24 bits per heavy atom. The van der Waals surface area contributed by atoms with E-state index in [1.165, 1.54) is 22.7 Å². The molecule has 108 valence electrons. The summed E-state index contributed by atoms with van der Waals surface area (Å²) < 4.78 is 1.57. The van der Waals surface area contributed by atoms with E-state index in [1.807, 2.05) is 17.7 Å². The average molecular weight is 319 g/mol. The minimum Gasteiger partial charge on any atom is -0.315 e. The van der Waals surface area contributed by atoms with Gasteiger partial charge in [-0.25, -0.2) is 4.98 Å². The number of rotatable bonds is 3. The maximum Gasteiger partial charge on any atom is 0.282 e. The second-order valence-corrected chi connectivity index (χ2v) is 6.29. The Morgan fingerprint density at radius 1 is 1.43 bits per heavy atom. The summed E-state index contributed by atoms with van der Waals surface area (Å²) in [6.45, 7) is 3.72. The smallest absolute Gasteiger partial charge is 0.282 e. The summed E-state index contributed by atoms with van der Waals surface area (Å²) in [5, 5.41) is 6.44. The highest BCUT2D eigenvalue weighted by Gasteiger charge is 2.16. The number of fused-ring (bicyclic) bond motifs is 1. The lowest BCUT2D eigenvalue weighted by molar-refractivity contribution is 0.103. The number of aromatic nitrogens is 2. The molecule has 0 spiro atoms. The van der Waals surface area contributed by atoms with Gasteiger partial charge >= 0.3 is 0 Å². The molecule has 21 heavy (non-hydrogen) atoms. The van der Waals surface area contributed by atoms with Crippen LogP contribution >= 0.6 is 22.7 Å². The van der Waals surface area contributed by atoms with E-state index in [0.29, 0.717) is 15.5 Å². The molecule has 0 unspecified atom stereocenters. The van der Waals surface area contributed by atoms with Crippen LogP contribution < -0.4 is 10.9 Å². The number of nitrogens with zero attached hydrogens (tertiary/aromatic N) is 2. The van der Waals surface area contributed by atoms with Crippen molar-refractivity contribution < 1.29 is 4.79 Å². The Labute approximate surface area is 128 Å². The Balaban J connectivity index is 2.10. The number of carbonyl (C=O) groups excluding carboxylic acids is 1. The largest absolute Gasteiger partial charge is 0.315 e. The third-order valence-electron chi connectivity index (χ3n) is 3.17. The molecule has 0 atom stereocenters. The van der Waals surface area contributed by atoms with Crippen LogP contribution in [0.1, 0.15) is 28.0 Å². The predicted molar refractivity (Wildman–Crippen MR) is 85.7 cm³/mol. The Bertz CT molecular complexity index is 862. The van der Waals surface area contributed by atoms with Crippen LogP contribution in [0.2, 0.25) is 0 Å². The summed E-state index contributed by atoms with van der Waals surface area (Å²) in [6.07, 6.45) is 0.739. The number of thiophene rings is 1. The maximum atomic E-state index is 12.6. The second kappa shape index (κ2) is 5.42. The van der Waals surface area contributed by atoms with E-state index < -0.39 is 0 Å². The third-order valence-corrected chi connectivity index (χ3v) is 4.91.